The number of carbonyl (C=O) groups is 2. The molecule has 2 aromatic carbocycles. The van der Waals surface area contributed by atoms with Crippen LogP contribution in [0.15, 0.2) is 60.8 Å². The second-order valence-corrected chi connectivity index (χ2v) is 6.35. The lowest BCUT2D eigenvalue weighted by atomic mass is 10.1. The Bertz CT molecular complexity index is 931. The Morgan fingerprint density at radius 1 is 1.00 bits per heavy atom. The molecule has 1 heterocycles. The van der Waals surface area contributed by atoms with E-state index in [1.165, 1.54) is 4.90 Å². The molecule has 1 atom stereocenters. The largest absolute Gasteiger partial charge is 0.350 e. The number of carbonyl (C=O) groups excluding carboxylic acids is 2. The highest BCUT2D eigenvalue weighted by molar-refractivity contribution is 6.06. The number of likely N-dealkylation sites (N-methyl/N-ethyl adjacent to an activating group) is 1. The van der Waals surface area contributed by atoms with Crippen molar-refractivity contribution < 1.29 is 9.59 Å². The summed E-state index contributed by atoms with van der Waals surface area (Å²) in [5.41, 5.74) is 7.89. The summed E-state index contributed by atoms with van der Waals surface area (Å²) in [4.78, 5) is 26.7. The third kappa shape index (κ3) is 3.45. The van der Waals surface area contributed by atoms with Crippen molar-refractivity contribution in [3.05, 3.63) is 71.9 Å². The van der Waals surface area contributed by atoms with Gasteiger partial charge < -0.3 is 9.47 Å². The standard InChI is InChI=1S/C20H22N4O2/c1-23(2)20(26)18(14-9-5-4-6-10-14)21-22-19(25)16-13-24(3)17-12-8-7-11-15(16)17/h4-13,18,21H,1-3H3,(H,22,25). The number of hydrogen-bond donors (Lipinski definition) is 2. The second kappa shape index (κ2) is 7.41. The van der Waals surface area contributed by atoms with Crippen molar-refractivity contribution in [2.75, 3.05) is 14.1 Å². The predicted octanol–water partition coefficient (Wildman–Crippen LogP) is 2.24. The maximum absolute atomic E-state index is 12.7. The van der Waals surface area contributed by atoms with Gasteiger partial charge in [0.2, 0.25) is 5.91 Å². The summed E-state index contributed by atoms with van der Waals surface area (Å²) in [6.07, 6.45) is 1.78. The topological polar surface area (TPSA) is 66.4 Å². The Balaban J connectivity index is 1.82. The zero-order valence-corrected chi connectivity index (χ0v) is 15.1. The van der Waals surface area contributed by atoms with Gasteiger partial charge in [0, 0.05) is 38.2 Å². The minimum Gasteiger partial charge on any atom is -0.350 e. The van der Waals surface area contributed by atoms with E-state index in [9.17, 15) is 9.59 Å². The molecular weight excluding hydrogens is 328 g/mol. The Morgan fingerprint density at radius 3 is 2.35 bits per heavy atom. The molecule has 3 aromatic rings. The van der Waals surface area contributed by atoms with Gasteiger partial charge >= 0.3 is 0 Å². The second-order valence-electron chi connectivity index (χ2n) is 6.35. The third-order valence-electron chi connectivity index (χ3n) is 4.29. The molecule has 0 aliphatic heterocycles. The number of aromatic nitrogens is 1. The summed E-state index contributed by atoms with van der Waals surface area (Å²) < 4.78 is 1.91. The number of aryl methyl sites for hydroxylation is 1. The highest BCUT2D eigenvalue weighted by atomic mass is 16.2. The Morgan fingerprint density at radius 2 is 1.65 bits per heavy atom. The minimum atomic E-state index is -0.662. The van der Waals surface area contributed by atoms with Crippen LogP contribution in [0.5, 0.6) is 0 Å². The first-order valence-corrected chi connectivity index (χ1v) is 8.35. The van der Waals surface area contributed by atoms with Crippen molar-refractivity contribution in [1.29, 1.82) is 0 Å². The molecule has 6 nitrogen and oxygen atoms in total. The predicted molar refractivity (Wildman–Crippen MR) is 101 cm³/mol. The molecule has 0 aliphatic rings. The molecule has 0 aliphatic carbocycles. The fraction of sp³-hybridized carbons (Fsp3) is 0.200. The molecule has 6 heteroatoms. The van der Waals surface area contributed by atoms with Gasteiger partial charge in [0.15, 0.2) is 0 Å². The molecule has 0 radical (unpaired) electrons. The zero-order valence-electron chi connectivity index (χ0n) is 15.1. The van der Waals surface area contributed by atoms with Crippen LogP contribution in [-0.4, -0.2) is 35.4 Å². The van der Waals surface area contributed by atoms with Gasteiger partial charge in [-0.1, -0.05) is 48.5 Å². The van der Waals surface area contributed by atoms with Crippen LogP contribution in [0.4, 0.5) is 0 Å². The number of rotatable bonds is 5. The number of hydrazine groups is 1. The Kier molecular flexibility index (Phi) is 5.04. The summed E-state index contributed by atoms with van der Waals surface area (Å²) in [5, 5.41) is 0.865. The first kappa shape index (κ1) is 17.7. The van der Waals surface area contributed by atoms with Crippen LogP contribution in [-0.2, 0) is 11.8 Å². The number of fused-ring (bicyclic) bond motifs is 1. The van der Waals surface area contributed by atoms with E-state index in [1.807, 2.05) is 66.2 Å². The van der Waals surface area contributed by atoms with Gasteiger partial charge in [0.05, 0.1) is 5.56 Å². The molecular formula is C20H22N4O2. The first-order chi connectivity index (χ1) is 12.5. The molecule has 26 heavy (non-hydrogen) atoms. The van der Waals surface area contributed by atoms with Gasteiger partial charge in [-0.2, -0.15) is 0 Å². The first-order valence-electron chi connectivity index (χ1n) is 8.35. The SMILES string of the molecule is CN(C)C(=O)C(NNC(=O)c1cn(C)c2ccccc12)c1ccccc1. The third-order valence-corrected chi connectivity index (χ3v) is 4.29. The van der Waals surface area contributed by atoms with Crippen molar-refractivity contribution in [1.82, 2.24) is 20.3 Å². The maximum Gasteiger partial charge on any atom is 0.267 e. The van der Waals surface area contributed by atoms with Crippen molar-refractivity contribution in [3.8, 4) is 0 Å². The van der Waals surface area contributed by atoms with Crippen LogP contribution < -0.4 is 10.9 Å². The molecule has 134 valence electrons. The highest BCUT2D eigenvalue weighted by Gasteiger charge is 2.23. The summed E-state index contributed by atoms with van der Waals surface area (Å²) in [6, 6.07) is 16.3. The van der Waals surface area contributed by atoms with Crippen LogP contribution in [0.1, 0.15) is 22.0 Å². The van der Waals surface area contributed by atoms with Crippen molar-refractivity contribution >= 4 is 22.7 Å². The minimum absolute atomic E-state index is 0.144. The molecule has 0 saturated heterocycles. The van der Waals surface area contributed by atoms with Crippen molar-refractivity contribution in [2.24, 2.45) is 7.05 Å². The van der Waals surface area contributed by atoms with Crippen LogP contribution in [0.3, 0.4) is 0 Å². The lowest BCUT2D eigenvalue weighted by Gasteiger charge is -2.22. The van der Waals surface area contributed by atoms with E-state index < -0.39 is 6.04 Å². The van der Waals surface area contributed by atoms with Crippen LogP contribution in [0.2, 0.25) is 0 Å². The number of nitrogens with zero attached hydrogens (tertiary/aromatic N) is 2. The average molecular weight is 350 g/mol. The van der Waals surface area contributed by atoms with Gasteiger partial charge in [-0.05, 0) is 11.6 Å². The fourth-order valence-electron chi connectivity index (χ4n) is 2.92. The monoisotopic (exact) mass is 350 g/mol. The van der Waals surface area contributed by atoms with Gasteiger partial charge in [-0.15, -0.1) is 0 Å². The van der Waals surface area contributed by atoms with Crippen LogP contribution in [0, 0.1) is 0 Å². The molecule has 0 fully saturated rings. The molecule has 3 rings (SSSR count). The van der Waals surface area contributed by atoms with Gasteiger partial charge in [-0.25, -0.2) is 5.43 Å². The summed E-state index contributed by atoms with van der Waals surface area (Å²) in [7, 11) is 5.27. The number of benzene rings is 2. The summed E-state index contributed by atoms with van der Waals surface area (Å²) in [5.74, 6) is -0.427. The number of nitrogens with one attached hydrogen (secondary N) is 2. The van der Waals surface area contributed by atoms with Crippen LogP contribution in [0.25, 0.3) is 10.9 Å². The molecule has 1 unspecified atom stereocenters. The van der Waals surface area contributed by atoms with Crippen molar-refractivity contribution in [2.45, 2.75) is 6.04 Å². The average Bonchev–Trinajstić information content (AvgIpc) is 2.99. The van der Waals surface area contributed by atoms with E-state index in [4.69, 9.17) is 0 Å². The van der Waals surface area contributed by atoms with E-state index >= 15 is 0 Å². The normalized spacial score (nSPS) is 12.0. The van der Waals surface area contributed by atoms with E-state index in [2.05, 4.69) is 10.9 Å². The smallest absolute Gasteiger partial charge is 0.267 e. The Hall–Kier alpha value is -3.12. The van der Waals surface area contributed by atoms with Gasteiger partial charge in [-0.3, -0.25) is 15.0 Å². The van der Waals surface area contributed by atoms with E-state index in [0.29, 0.717) is 5.56 Å². The van der Waals surface area contributed by atoms with E-state index in [-0.39, 0.29) is 11.8 Å². The van der Waals surface area contributed by atoms with Crippen LogP contribution >= 0.6 is 0 Å². The number of hydrogen-bond acceptors (Lipinski definition) is 3. The fourth-order valence-corrected chi connectivity index (χ4v) is 2.92. The summed E-state index contributed by atoms with van der Waals surface area (Å²) >= 11 is 0. The molecule has 1 aromatic heterocycles. The number of amides is 2. The molecule has 0 spiro atoms. The molecule has 0 bridgehead atoms. The lowest BCUT2D eigenvalue weighted by molar-refractivity contribution is -0.131. The molecule has 2 amide bonds. The van der Waals surface area contributed by atoms with Crippen molar-refractivity contribution in [3.63, 3.8) is 0 Å². The molecule has 2 N–H and O–H groups in total. The molecule has 0 saturated carbocycles. The van der Waals surface area contributed by atoms with E-state index in [1.54, 1.807) is 20.3 Å². The highest BCUT2D eigenvalue weighted by Crippen LogP contribution is 2.20. The Labute approximate surface area is 152 Å². The van der Waals surface area contributed by atoms with Gasteiger partial charge in [0.1, 0.15) is 6.04 Å². The summed E-state index contributed by atoms with van der Waals surface area (Å²) in [6.45, 7) is 0. The van der Waals surface area contributed by atoms with E-state index in [0.717, 1.165) is 16.5 Å². The maximum atomic E-state index is 12.7. The lowest BCUT2D eigenvalue weighted by Crippen LogP contribution is -2.46. The zero-order chi connectivity index (χ0) is 18.7. The van der Waals surface area contributed by atoms with Gasteiger partial charge in [0.25, 0.3) is 5.91 Å². The number of para-hydroxylation sites is 1. The quantitative estimate of drug-likeness (QED) is 0.694.